The normalized spacial score (nSPS) is 19.4. The minimum absolute atomic E-state index is 0.120. The van der Waals surface area contributed by atoms with E-state index in [4.69, 9.17) is 17.3 Å². The van der Waals surface area contributed by atoms with Crippen molar-refractivity contribution >= 4 is 11.6 Å². The lowest BCUT2D eigenvalue weighted by molar-refractivity contribution is 0.107. The van der Waals surface area contributed by atoms with Gasteiger partial charge < -0.3 is 10.8 Å². The minimum atomic E-state index is -0.218. The van der Waals surface area contributed by atoms with Crippen molar-refractivity contribution in [2.75, 3.05) is 13.2 Å². The molecule has 96 valence electrons. The first kappa shape index (κ1) is 12.9. The average Bonchev–Trinajstić information content (AvgIpc) is 3.11. The van der Waals surface area contributed by atoms with Crippen LogP contribution in [0.4, 0.5) is 0 Å². The molecule has 0 radical (unpaired) electrons. The van der Waals surface area contributed by atoms with Gasteiger partial charge in [-0.1, -0.05) is 11.6 Å². The van der Waals surface area contributed by atoms with Crippen molar-refractivity contribution in [3.8, 4) is 0 Å². The second kappa shape index (κ2) is 4.59. The summed E-state index contributed by atoms with van der Waals surface area (Å²) in [5.74, 6) is 0.531. The average molecular weight is 258 g/mol. The number of halogens is 1. The van der Waals surface area contributed by atoms with E-state index in [1.54, 1.807) is 4.68 Å². The van der Waals surface area contributed by atoms with E-state index >= 15 is 0 Å². The van der Waals surface area contributed by atoms with Gasteiger partial charge >= 0.3 is 0 Å². The fourth-order valence-electron chi connectivity index (χ4n) is 2.53. The Balaban J connectivity index is 2.28. The van der Waals surface area contributed by atoms with E-state index in [-0.39, 0.29) is 12.0 Å². The number of rotatable bonds is 5. The molecule has 0 spiro atoms. The smallest absolute Gasteiger partial charge is 0.0847 e. The molecule has 1 atom stereocenters. The van der Waals surface area contributed by atoms with Crippen LogP contribution in [-0.2, 0) is 13.5 Å². The van der Waals surface area contributed by atoms with Crippen molar-refractivity contribution in [2.24, 2.45) is 24.1 Å². The fourth-order valence-corrected chi connectivity index (χ4v) is 2.76. The molecule has 4 nitrogen and oxygen atoms in total. The molecule has 0 aliphatic heterocycles. The summed E-state index contributed by atoms with van der Waals surface area (Å²) >= 11 is 6.25. The lowest BCUT2D eigenvalue weighted by Gasteiger charge is -2.30. The van der Waals surface area contributed by atoms with Crippen LogP contribution in [-0.4, -0.2) is 28.0 Å². The van der Waals surface area contributed by atoms with E-state index in [0.29, 0.717) is 23.9 Å². The number of aliphatic hydroxyl groups is 1. The van der Waals surface area contributed by atoms with Gasteiger partial charge in [0.25, 0.3) is 0 Å². The zero-order valence-corrected chi connectivity index (χ0v) is 11.2. The van der Waals surface area contributed by atoms with Crippen LogP contribution in [0.2, 0.25) is 5.02 Å². The summed E-state index contributed by atoms with van der Waals surface area (Å²) in [5.41, 5.74) is 7.48. The molecule has 1 aromatic rings. The highest BCUT2D eigenvalue weighted by Gasteiger charge is 2.44. The predicted molar refractivity (Wildman–Crippen MR) is 68.0 cm³/mol. The molecule has 2 rings (SSSR count). The number of hydrogen-bond donors (Lipinski definition) is 2. The van der Waals surface area contributed by atoms with Crippen LogP contribution >= 0.6 is 11.6 Å². The molecule has 1 aromatic heterocycles. The number of aromatic nitrogens is 2. The first-order chi connectivity index (χ1) is 8.04. The van der Waals surface area contributed by atoms with Gasteiger partial charge in [-0.2, -0.15) is 5.10 Å². The highest BCUT2D eigenvalue weighted by molar-refractivity contribution is 6.31. The van der Waals surface area contributed by atoms with Crippen molar-refractivity contribution in [1.82, 2.24) is 9.78 Å². The number of nitrogens with zero attached hydrogens (tertiary/aromatic N) is 2. The largest absolute Gasteiger partial charge is 0.396 e. The van der Waals surface area contributed by atoms with E-state index in [0.717, 1.165) is 24.2 Å². The second-order valence-electron chi connectivity index (χ2n) is 5.15. The van der Waals surface area contributed by atoms with Crippen molar-refractivity contribution in [1.29, 1.82) is 0 Å². The molecule has 0 aromatic carbocycles. The minimum Gasteiger partial charge on any atom is -0.396 e. The van der Waals surface area contributed by atoms with Crippen LogP contribution in [0.3, 0.4) is 0 Å². The maximum absolute atomic E-state index is 9.68. The summed E-state index contributed by atoms with van der Waals surface area (Å²) in [6, 6.07) is 0. The molecule has 1 heterocycles. The fraction of sp³-hybridized carbons (Fsp3) is 0.750. The molecule has 3 N–H and O–H groups in total. The van der Waals surface area contributed by atoms with Crippen LogP contribution in [0.5, 0.6) is 0 Å². The van der Waals surface area contributed by atoms with Crippen molar-refractivity contribution in [2.45, 2.75) is 26.2 Å². The molecule has 0 amide bonds. The molecular formula is C12H20ClN3O. The van der Waals surface area contributed by atoms with E-state index in [9.17, 15) is 5.11 Å². The molecule has 0 saturated heterocycles. The van der Waals surface area contributed by atoms with E-state index in [1.165, 1.54) is 0 Å². The standard InChI is InChI=1S/C12H20ClN3O/c1-8-11(13)10(16(2)15-8)5-12(6-14,7-17)9-3-4-9/h9,17H,3-7,14H2,1-2H3. The zero-order valence-electron chi connectivity index (χ0n) is 10.4. The van der Waals surface area contributed by atoms with Gasteiger partial charge in [0.15, 0.2) is 0 Å². The third-order valence-corrected chi connectivity index (χ3v) is 4.44. The van der Waals surface area contributed by atoms with Gasteiger partial charge in [-0.05, 0) is 25.7 Å². The second-order valence-corrected chi connectivity index (χ2v) is 5.52. The van der Waals surface area contributed by atoms with Crippen LogP contribution in [0.15, 0.2) is 0 Å². The summed E-state index contributed by atoms with van der Waals surface area (Å²) in [4.78, 5) is 0. The van der Waals surface area contributed by atoms with Gasteiger partial charge in [-0.3, -0.25) is 4.68 Å². The molecule has 0 bridgehead atoms. The Morgan fingerprint density at radius 3 is 2.59 bits per heavy atom. The lowest BCUT2D eigenvalue weighted by Crippen LogP contribution is -2.39. The maximum Gasteiger partial charge on any atom is 0.0847 e. The Morgan fingerprint density at radius 2 is 2.24 bits per heavy atom. The molecule has 1 fully saturated rings. The Hall–Kier alpha value is -0.580. The van der Waals surface area contributed by atoms with Gasteiger partial charge in [0.05, 0.1) is 23.0 Å². The first-order valence-electron chi connectivity index (χ1n) is 6.03. The van der Waals surface area contributed by atoms with Crippen molar-refractivity contribution in [3.05, 3.63) is 16.4 Å². The third-order valence-electron chi connectivity index (χ3n) is 3.95. The zero-order chi connectivity index (χ0) is 12.6. The van der Waals surface area contributed by atoms with Gasteiger partial charge in [-0.15, -0.1) is 0 Å². The summed E-state index contributed by atoms with van der Waals surface area (Å²) in [7, 11) is 1.89. The van der Waals surface area contributed by atoms with Crippen LogP contribution in [0.25, 0.3) is 0 Å². The van der Waals surface area contributed by atoms with E-state index in [2.05, 4.69) is 5.10 Å². The Labute approximate surface area is 107 Å². The molecule has 1 aliphatic carbocycles. The Kier molecular flexibility index (Phi) is 3.48. The van der Waals surface area contributed by atoms with Gasteiger partial charge in [0, 0.05) is 25.4 Å². The van der Waals surface area contributed by atoms with Crippen LogP contribution < -0.4 is 5.73 Å². The molecule has 1 saturated carbocycles. The third kappa shape index (κ3) is 2.21. The van der Waals surface area contributed by atoms with E-state index < -0.39 is 0 Å². The monoisotopic (exact) mass is 257 g/mol. The SMILES string of the molecule is Cc1nn(C)c(CC(CN)(CO)C2CC2)c1Cl. The Morgan fingerprint density at radius 1 is 1.59 bits per heavy atom. The number of hydrogen-bond acceptors (Lipinski definition) is 3. The number of aryl methyl sites for hydroxylation is 2. The molecule has 1 aliphatic rings. The molecule has 5 heteroatoms. The van der Waals surface area contributed by atoms with Crippen LogP contribution in [0, 0.1) is 18.3 Å². The summed E-state index contributed by atoms with van der Waals surface area (Å²) in [5, 5.41) is 14.7. The maximum atomic E-state index is 9.68. The van der Waals surface area contributed by atoms with Crippen molar-refractivity contribution in [3.63, 3.8) is 0 Å². The predicted octanol–water partition coefficient (Wildman–Crippen LogP) is 1.27. The van der Waals surface area contributed by atoms with Gasteiger partial charge in [0.1, 0.15) is 0 Å². The molecular weight excluding hydrogens is 238 g/mol. The number of aliphatic hydroxyl groups excluding tert-OH is 1. The lowest BCUT2D eigenvalue weighted by atomic mass is 9.79. The summed E-state index contributed by atoms with van der Waals surface area (Å²) in [6.45, 7) is 2.51. The molecule has 17 heavy (non-hydrogen) atoms. The highest BCUT2D eigenvalue weighted by Crippen LogP contribution is 2.47. The number of nitrogens with two attached hydrogens (primary N) is 1. The highest BCUT2D eigenvalue weighted by atomic mass is 35.5. The van der Waals surface area contributed by atoms with Gasteiger partial charge in [-0.25, -0.2) is 0 Å². The topological polar surface area (TPSA) is 64.1 Å². The summed E-state index contributed by atoms with van der Waals surface area (Å²) < 4.78 is 1.81. The van der Waals surface area contributed by atoms with Gasteiger partial charge in [0.2, 0.25) is 0 Å². The summed E-state index contributed by atoms with van der Waals surface area (Å²) in [6.07, 6.45) is 3.03. The van der Waals surface area contributed by atoms with Crippen molar-refractivity contribution < 1.29 is 5.11 Å². The molecule has 1 unspecified atom stereocenters. The van der Waals surface area contributed by atoms with E-state index in [1.807, 2.05) is 14.0 Å². The first-order valence-corrected chi connectivity index (χ1v) is 6.41. The van der Waals surface area contributed by atoms with Crippen LogP contribution in [0.1, 0.15) is 24.2 Å². The Bertz CT molecular complexity index is 408. The quantitative estimate of drug-likeness (QED) is 0.835.